The smallest absolute Gasteiger partial charge is 0.410 e. The summed E-state index contributed by atoms with van der Waals surface area (Å²) in [7, 11) is 0. The van der Waals surface area contributed by atoms with Gasteiger partial charge >= 0.3 is 6.09 Å². The Kier molecular flexibility index (Phi) is 4.72. The van der Waals surface area contributed by atoms with E-state index in [-0.39, 0.29) is 18.0 Å². The van der Waals surface area contributed by atoms with Gasteiger partial charge in [0.2, 0.25) is 0 Å². The van der Waals surface area contributed by atoms with Crippen molar-refractivity contribution in [3.63, 3.8) is 0 Å². The Balaban J connectivity index is 1.99. The number of hydrogen-bond acceptors (Lipinski definition) is 5. The number of rotatable bonds is 3. The van der Waals surface area contributed by atoms with Gasteiger partial charge in [0.25, 0.3) is 5.69 Å². The molecule has 1 fully saturated rings. The highest BCUT2D eigenvalue weighted by Gasteiger charge is 2.31. The first-order valence-corrected chi connectivity index (χ1v) is 7.24. The zero-order chi connectivity index (χ0) is 17.2. The van der Waals surface area contributed by atoms with Gasteiger partial charge in [0.15, 0.2) is 11.6 Å². The van der Waals surface area contributed by atoms with E-state index in [0.717, 1.165) is 18.2 Å². The second-order valence-corrected chi connectivity index (χ2v) is 6.33. The number of hydrogen-bond donors (Lipinski definition) is 0. The first-order valence-electron chi connectivity index (χ1n) is 7.24. The van der Waals surface area contributed by atoms with Gasteiger partial charge in [-0.3, -0.25) is 10.1 Å². The molecule has 1 amide bonds. The topological polar surface area (TPSA) is 81.9 Å². The maximum absolute atomic E-state index is 13.7. The fourth-order valence-electron chi connectivity index (χ4n) is 2.19. The Bertz CT molecular complexity index is 614. The third kappa shape index (κ3) is 4.54. The molecule has 0 unspecified atom stereocenters. The lowest BCUT2D eigenvalue weighted by Gasteiger charge is -2.24. The number of non-ortho nitro benzene ring substituents is 1. The minimum atomic E-state index is -0.675. The molecule has 0 spiro atoms. The molecule has 1 aliphatic rings. The first kappa shape index (κ1) is 17.0. The zero-order valence-corrected chi connectivity index (χ0v) is 13.2. The van der Waals surface area contributed by atoms with Crippen molar-refractivity contribution < 1.29 is 23.6 Å². The second-order valence-electron chi connectivity index (χ2n) is 6.33. The molecule has 0 aliphatic carbocycles. The summed E-state index contributed by atoms with van der Waals surface area (Å²) in [6.45, 7) is 5.99. The van der Waals surface area contributed by atoms with E-state index in [1.165, 1.54) is 4.90 Å². The highest BCUT2D eigenvalue weighted by atomic mass is 19.1. The fourth-order valence-corrected chi connectivity index (χ4v) is 2.19. The number of carbonyl (C=O) groups is 1. The van der Waals surface area contributed by atoms with E-state index in [1.807, 2.05) is 0 Å². The van der Waals surface area contributed by atoms with Gasteiger partial charge in [0, 0.05) is 19.0 Å². The van der Waals surface area contributed by atoms with Gasteiger partial charge in [0.1, 0.15) is 11.7 Å². The lowest BCUT2D eigenvalue weighted by molar-refractivity contribution is -0.385. The van der Waals surface area contributed by atoms with E-state index >= 15 is 0 Å². The van der Waals surface area contributed by atoms with Crippen molar-refractivity contribution in [2.75, 3.05) is 13.1 Å². The molecule has 0 bridgehead atoms. The highest BCUT2D eigenvalue weighted by Crippen LogP contribution is 2.26. The summed E-state index contributed by atoms with van der Waals surface area (Å²) in [6.07, 6.45) is -0.386. The molecule has 0 aromatic heterocycles. The molecular formula is C15H19FN2O5. The van der Waals surface area contributed by atoms with Crippen LogP contribution in [-0.4, -0.2) is 40.7 Å². The van der Waals surface area contributed by atoms with Crippen LogP contribution in [0.15, 0.2) is 18.2 Å². The van der Waals surface area contributed by atoms with Crippen LogP contribution >= 0.6 is 0 Å². The summed E-state index contributed by atoms with van der Waals surface area (Å²) in [4.78, 5) is 23.5. The van der Waals surface area contributed by atoms with Crippen molar-refractivity contribution in [3.8, 4) is 5.75 Å². The molecule has 8 heteroatoms. The number of nitrogens with zero attached hydrogens (tertiary/aromatic N) is 2. The normalized spacial score (nSPS) is 17.9. The number of halogens is 1. The zero-order valence-electron chi connectivity index (χ0n) is 13.2. The van der Waals surface area contributed by atoms with Crippen molar-refractivity contribution in [1.29, 1.82) is 0 Å². The molecule has 1 aliphatic heterocycles. The molecule has 7 nitrogen and oxygen atoms in total. The summed E-state index contributed by atoms with van der Waals surface area (Å²) in [5, 5.41) is 10.7. The van der Waals surface area contributed by atoms with Crippen molar-refractivity contribution in [2.24, 2.45) is 0 Å². The number of nitro benzene ring substituents is 1. The number of nitro groups is 1. The second kappa shape index (κ2) is 6.39. The van der Waals surface area contributed by atoms with Gasteiger partial charge in [-0.25, -0.2) is 9.18 Å². The lowest BCUT2D eigenvalue weighted by atomic mass is 10.2. The van der Waals surface area contributed by atoms with Crippen LogP contribution in [0.4, 0.5) is 14.9 Å². The first-order chi connectivity index (χ1) is 10.7. The van der Waals surface area contributed by atoms with Crippen LogP contribution in [0.2, 0.25) is 0 Å². The fraction of sp³-hybridized carbons (Fsp3) is 0.533. The third-order valence-electron chi connectivity index (χ3n) is 3.22. The number of ether oxygens (including phenoxy) is 2. The number of likely N-dealkylation sites (tertiary alicyclic amines) is 1. The average Bonchev–Trinajstić information content (AvgIpc) is 2.88. The monoisotopic (exact) mass is 326 g/mol. The maximum atomic E-state index is 13.7. The maximum Gasteiger partial charge on any atom is 0.410 e. The largest absolute Gasteiger partial charge is 0.485 e. The number of benzene rings is 1. The van der Waals surface area contributed by atoms with Crippen LogP contribution in [0.25, 0.3) is 0 Å². The minimum Gasteiger partial charge on any atom is -0.485 e. The van der Waals surface area contributed by atoms with Gasteiger partial charge < -0.3 is 14.4 Å². The van der Waals surface area contributed by atoms with E-state index < -0.39 is 28.5 Å². The molecule has 0 saturated carbocycles. The lowest BCUT2D eigenvalue weighted by Crippen LogP contribution is -2.36. The Morgan fingerprint density at radius 3 is 2.74 bits per heavy atom. The molecule has 23 heavy (non-hydrogen) atoms. The Morgan fingerprint density at radius 1 is 1.43 bits per heavy atom. The van der Waals surface area contributed by atoms with Gasteiger partial charge in [-0.15, -0.1) is 0 Å². The van der Waals surface area contributed by atoms with Crippen LogP contribution in [0.3, 0.4) is 0 Å². The van der Waals surface area contributed by atoms with Gasteiger partial charge in [-0.05, 0) is 26.8 Å². The molecule has 1 aromatic carbocycles. The summed E-state index contributed by atoms with van der Waals surface area (Å²) >= 11 is 0. The average molecular weight is 326 g/mol. The molecule has 0 N–H and O–H groups in total. The molecule has 1 atom stereocenters. The minimum absolute atomic E-state index is 0.185. The van der Waals surface area contributed by atoms with E-state index in [1.54, 1.807) is 20.8 Å². The molecular weight excluding hydrogens is 307 g/mol. The van der Waals surface area contributed by atoms with Crippen LogP contribution < -0.4 is 4.74 Å². The van der Waals surface area contributed by atoms with Crippen molar-refractivity contribution in [1.82, 2.24) is 4.90 Å². The standard InChI is InChI=1S/C15H19FN2O5/c1-15(2,3)23-14(19)17-7-6-11(9-17)22-13-8-10(18(20)21)4-5-12(13)16/h4-5,8,11H,6-7,9H2,1-3H3/t11-/m1/s1. The summed E-state index contributed by atoms with van der Waals surface area (Å²) in [5.41, 5.74) is -0.842. The quantitative estimate of drug-likeness (QED) is 0.629. The molecule has 2 rings (SSSR count). The molecule has 1 heterocycles. The molecule has 1 aromatic rings. The van der Waals surface area contributed by atoms with Gasteiger partial charge in [0.05, 0.1) is 17.5 Å². The third-order valence-corrected chi connectivity index (χ3v) is 3.22. The van der Waals surface area contributed by atoms with Crippen molar-refractivity contribution >= 4 is 11.8 Å². The van der Waals surface area contributed by atoms with Crippen molar-refractivity contribution in [2.45, 2.75) is 38.9 Å². The summed E-state index contributed by atoms with van der Waals surface area (Å²) < 4.78 is 24.5. The molecule has 1 saturated heterocycles. The van der Waals surface area contributed by atoms with Crippen LogP contribution in [0.5, 0.6) is 5.75 Å². The Morgan fingerprint density at radius 2 is 2.13 bits per heavy atom. The summed E-state index contributed by atoms with van der Waals surface area (Å²) in [5.74, 6) is -0.860. The van der Waals surface area contributed by atoms with Crippen LogP contribution in [0, 0.1) is 15.9 Å². The predicted octanol–water partition coefficient (Wildman–Crippen LogP) is 3.12. The molecule has 0 radical (unpaired) electrons. The van der Waals surface area contributed by atoms with Gasteiger partial charge in [-0.1, -0.05) is 0 Å². The predicted molar refractivity (Wildman–Crippen MR) is 79.9 cm³/mol. The van der Waals surface area contributed by atoms with E-state index in [2.05, 4.69) is 0 Å². The van der Waals surface area contributed by atoms with Gasteiger partial charge in [-0.2, -0.15) is 0 Å². The van der Waals surface area contributed by atoms with Crippen LogP contribution in [0.1, 0.15) is 27.2 Å². The summed E-state index contributed by atoms with van der Waals surface area (Å²) in [6, 6.07) is 3.11. The van der Waals surface area contributed by atoms with Crippen LogP contribution in [-0.2, 0) is 4.74 Å². The van der Waals surface area contributed by atoms with Crippen molar-refractivity contribution in [3.05, 3.63) is 34.1 Å². The SMILES string of the molecule is CC(C)(C)OC(=O)N1CC[C@@H](Oc2cc([N+](=O)[O-])ccc2F)C1. The number of amides is 1. The molecule has 126 valence electrons. The Hall–Kier alpha value is -2.38. The van der Waals surface area contributed by atoms with E-state index in [0.29, 0.717) is 13.0 Å². The Labute approximate surface area is 133 Å². The van der Waals surface area contributed by atoms with E-state index in [9.17, 15) is 19.3 Å². The number of carbonyl (C=O) groups excluding carboxylic acids is 1. The highest BCUT2D eigenvalue weighted by molar-refractivity contribution is 5.68. The van der Waals surface area contributed by atoms with E-state index in [4.69, 9.17) is 9.47 Å².